The van der Waals surface area contributed by atoms with Crippen LogP contribution in [0.3, 0.4) is 0 Å². The number of hydrogen-bond acceptors (Lipinski definition) is 5. The summed E-state index contributed by atoms with van der Waals surface area (Å²) >= 11 is 0. The van der Waals surface area contributed by atoms with Crippen LogP contribution in [0.2, 0.25) is 0 Å². The predicted molar refractivity (Wildman–Crippen MR) is 114 cm³/mol. The van der Waals surface area contributed by atoms with Gasteiger partial charge in [0.05, 0.1) is 31.5 Å². The number of hydrogen-bond donors (Lipinski definition) is 0. The van der Waals surface area contributed by atoms with E-state index in [1.165, 1.54) is 10.9 Å². The van der Waals surface area contributed by atoms with E-state index in [4.69, 9.17) is 19.2 Å². The van der Waals surface area contributed by atoms with E-state index < -0.39 is 0 Å². The van der Waals surface area contributed by atoms with Crippen molar-refractivity contribution in [2.75, 3.05) is 27.4 Å². The molecule has 1 fully saturated rings. The molecule has 1 unspecified atom stereocenters. The molecule has 0 spiro atoms. The molecule has 2 aromatic carbocycles. The highest BCUT2D eigenvalue weighted by Gasteiger charge is 2.20. The van der Waals surface area contributed by atoms with Crippen LogP contribution in [-0.4, -0.2) is 43.4 Å². The largest absolute Gasteiger partial charge is 0.493 e. The molecule has 5 nitrogen and oxygen atoms in total. The van der Waals surface area contributed by atoms with E-state index in [0.29, 0.717) is 0 Å². The second kappa shape index (κ2) is 9.25. The van der Waals surface area contributed by atoms with Crippen LogP contribution in [0.4, 0.5) is 0 Å². The third-order valence-electron chi connectivity index (χ3n) is 5.38. The maximum Gasteiger partial charge on any atom is 0.161 e. The Hall–Kier alpha value is -2.63. The molecule has 5 heteroatoms. The van der Waals surface area contributed by atoms with Crippen LogP contribution < -0.4 is 9.47 Å². The van der Waals surface area contributed by atoms with E-state index in [1.54, 1.807) is 14.2 Å². The van der Waals surface area contributed by atoms with Crippen LogP contribution in [0.15, 0.2) is 54.6 Å². The standard InChI is InChI=1S/C24H28N2O3/c1-27-23-12-9-18(14-24(23)28-2)15-26(17-21-7-5-13-29-21)16-20-11-10-19-6-3-4-8-22(19)25-20/h3-4,6,8-12,14,21H,5,7,13,15-17H2,1-2H3. The highest BCUT2D eigenvalue weighted by Crippen LogP contribution is 2.28. The zero-order valence-corrected chi connectivity index (χ0v) is 17.1. The van der Waals surface area contributed by atoms with Gasteiger partial charge in [0.25, 0.3) is 0 Å². The monoisotopic (exact) mass is 392 g/mol. The minimum absolute atomic E-state index is 0.288. The molecule has 29 heavy (non-hydrogen) atoms. The van der Waals surface area contributed by atoms with Crippen LogP contribution in [-0.2, 0) is 17.8 Å². The highest BCUT2D eigenvalue weighted by atomic mass is 16.5. The summed E-state index contributed by atoms with van der Waals surface area (Å²) in [5.74, 6) is 1.50. The predicted octanol–water partition coefficient (Wildman–Crippen LogP) is 4.43. The van der Waals surface area contributed by atoms with Crippen molar-refractivity contribution in [2.24, 2.45) is 0 Å². The highest BCUT2D eigenvalue weighted by molar-refractivity contribution is 5.78. The van der Waals surface area contributed by atoms with Crippen LogP contribution in [0.1, 0.15) is 24.1 Å². The number of fused-ring (bicyclic) bond motifs is 1. The molecule has 0 saturated carbocycles. The van der Waals surface area contributed by atoms with Gasteiger partial charge in [-0.2, -0.15) is 0 Å². The molecule has 0 radical (unpaired) electrons. The fourth-order valence-corrected chi connectivity index (χ4v) is 3.92. The van der Waals surface area contributed by atoms with Gasteiger partial charge in [-0.15, -0.1) is 0 Å². The summed E-state index contributed by atoms with van der Waals surface area (Å²) in [4.78, 5) is 7.28. The van der Waals surface area contributed by atoms with Crippen molar-refractivity contribution in [3.8, 4) is 11.5 Å². The SMILES string of the molecule is COc1ccc(CN(Cc2ccc3ccccc3n2)CC2CCCO2)cc1OC. The van der Waals surface area contributed by atoms with E-state index in [2.05, 4.69) is 41.3 Å². The zero-order chi connectivity index (χ0) is 20.1. The first kappa shape index (κ1) is 19.7. The lowest BCUT2D eigenvalue weighted by Gasteiger charge is -2.25. The van der Waals surface area contributed by atoms with Crippen molar-refractivity contribution >= 4 is 10.9 Å². The van der Waals surface area contributed by atoms with Gasteiger partial charge in [0, 0.05) is 31.6 Å². The Balaban J connectivity index is 1.55. The molecular formula is C24H28N2O3. The number of aromatic nitrogens is 1. The Morgan fingerprint density at radius 3 is 2.66 bits per heavy atom. The topological polar surface area (TPSA) is 43.8 Å². The molecule has 1 saturated heterocycles. The van der Waals surface area contributed by atoms with Gasteiger partial charge in [0.15, 0.2) is 11.5 Å². The van der Waals surface area contributed by atoms with Gasteiger partial charge in [-0.25, -0.2) is 0 Å². The summed E-state index contributed by atoms with van der Waals surface area (Å²) in [5, 5.41) is 1.17. The fourth-order valence-electron chi connectivity index (χ4n) is 3.92. The molecule has 152 valence electrons. The average molecular weight is 392 g/mol. The number of benzene rings is 2. The third kappa shape index (κ3) is 4.86. The summed E-state index contributed by atoms with van der Waals surface area (Å²) < 4.78 is 16.8. The summed E-state index contributed by atoms with van der Waals surface area (Å²) in [7, 11) is 3.33. The first-order valence-corrected chi connectivity index (χ1v) is 10.1. The number of ether oxygens (including phenoxy) is 3. The summed E-state index contributed by atoms with van der Waals surface area (Å²) in [5.41, 5.74) is 3.29. The number of para-hydroxylation sites is 1. The Bertz CT molecular complexity index is 954. The molecule has 1 aromatic heterocycles. The number of nitrogens with zero attached hydrogens (tertiary/aromatic N) is 2. The van der Waals surface area contributed by atoms with Crippen molar-refractivity contribution in [1.82, 2.24) is 9.88 Å². The number of rotatable bonds is 8. The third-order valence-corrected chi connectivity index (χ3v) is 5.38. The summed E-state index contributed by atoms with van der Waals surface area (Å²) in [6, 6.07) is 18.6. The molecule has 0 bridgehead atoms. The van der Waals surface area contributed by atoms with Crippen molar-refractivity contribution in [1.29, 1.82) is 0 Å². The molecular weight excluding hydrogens is 364 g/mol. The van der Waals surface area contributed by atoms with Gasteiger partial charge in [-0.3, -0.25) is 9.88 Å². The Morgan fingerprint density at radius 1 is 1.00 bits per heavy atom. The van der Waals surface area contributed by atoms with Gasteiger partial charge in [-0.1, -0.05) is 30.3 Å². The second-order valence-corrected chi connectivity index (χ2v) is 7.49. The lowest BCUT2D eigenvalue weighted by molar-refractivity contribution is 0.0675. The lowest BCUT2D eigenvalue weighted by Crippen LogP contribution is -2.31. The minimum atomic E-state index is 0.288. The Morgan fingerprint density at radius 2 is 1.86 bits per heavy atom. The molecule has 4 rings (SSSR count). The van der Waals surface area contributed by atoms with Crippen LogP contribution in [0.5, 0.6) is 11.5 Å². The molecule has 1 atom stereocenters. The summed E-state index contributed by atoms with van der Waals surface area (Å²) in [6.07, 6.45) is 2.55. The Kier molecular flexibility index (Phi) is 6.27. The van der Waals surface area contributed by atoms with Crippen molar-refractivity contribution in [3.63, 3.8) is 0 Å². The first-order chi connectivity index (χ1) is 14.2. The molecule has 0 amide bonds. The molecule has 2 heterocycles. The van der Waals surface area contributed by atoms with Gasteiger partial charge < -0.3 is 14.2 Å². The normalized spacial score (nSPS) is 16.4. The maximum absolute atomic E-state index is 5.90. The average Bonchev–Trinajstić information content (AvgIpc) is 3.26. The van der Waals surface area contributed by atoms with E-state index in [0.717, 1.165) is 61.8 Å². The quantitative estimate of drug-likeness (QED) is 0.567. The molecule has 3 aromatic rings. The first-order valence-electron chi connectivity index (χ1n) is 10.1. The second-order valence-electron chi connectivity index (χ2n) is 7.49. The molecule has 0 N–H and O–H groups in total. The molecule has 1 aliphatic heterocycles. The Labute approximate surface area is 172 Å². The summed E-state index contributed by atoms with van der Waals surface area (Å²) in [6.45, 7) is 3.33. The van der Waals surface area contributed by atoms with E-state index in [9.17, 15) is 0 Å². The van der Waals surface area contributed by atoms with Crippen molar-refractivity contribution in [2.45, 2.75) is 32.0 Å². The molecule has 0 aliphatic carbocycles. The van der Waals surface area contributed by atoms with Crippen molar-refractivity contribution < 1.29 is 14.2 Å². The fraction of sp³-hybridized carbons (Fsp3) is 0.375. The number of pyridine rings is 1. The van der Waals surface area contributed by atoms with E-state index in [1.807, 2.05) is 18.2 Å². The number of methoxy groups -OCH3 is 2. The van der Waals surface area contributed by atoms with Crippen LogP contribution >= 0.6 is 0 Å². The van der Waals surface area contributed by atoms with Gasteiger partial charge in [0.1, 0.15) is 0 Å². The van der Waals surface area contributed by atoms with E-state index in [-0.39, 0.29) is 6.10 Å². The van der Waals surface area contributed by atoms with Gasteiger partial charge in [0.2, 0.25) is 0 Å². The van der Waals surface area contributed by atoms with Crippen LogP contribution in [0.25, 0.3) is 10.9 Å². The molecule has 1 aliphatic rings. The minimum Gasteiger partial charge on any atom is -0.493 e. The van der Waals surface area contributed by atoms with Gasteiger partial charge >= 0.3 is 0 Å². The van der Waals surface area contributed by atoms with Gasteiger partial charge in [-0.05, 0) is 42.7 Å². The smallest absolute Gasteiger partial charge is 0.161 e. The van der Waals surface area contributed by atoms with Crippen LogP contribution in [0, 0.1) is 0 Å². The lowest BCUT2D eigenvalue weighted by atomic mass is 10.1. The zero-order valence-electron chi connectivity index (χ0n) is 17.1. The maximum atomic E-state index is 5.90. The van der Waals surface area contributed by atoms with E-state index >= 15 is 0 Å². The van der Waals surface area contributed by atoms with Crippen molar-refractivity contribution in [3.05, 3.63) is 65.9 Å².